The molecule has 3 nitrogen and oxygen atoms in total. The number of allylic oxidation sites excluding steroid dienone is 1. The van der Waals surface area contributed by atoms with Crippen molar-refractivity contribution >= 4 is 34.1 Å². The maximum atomic E-state index is 12.7. The van der Waals surface area contributed by atoms with E-state index < -0.39 is 5.72 Å². The number of carbonyl (C=O) groups excluding carboxylic acids is 1. The molecule has 1 atom stereocenters. The van der Waals surface area contributed by atoms with E-state index in [1.54, 1.807) is 12.1 Å². The number of nitrogens with zero attached hydrogens (tertiary/aromatic N) is 1. The van der Waals surface area contributed by atoms with Gasteiger partial charge in [-0.1, -0.05) is 98.5 Å². The maximum Gasteiger partial charge on any atom is 0.199 e. The lowest BCUT2D eigenvalue weighted by Gasteiger charge is -2.36. The molecule has 1 heterocycles. The average Bonchev–Trinajstić information content (AvgIpc) is 2.88. The van der Waals surface area contributed by atoms with Crippen molar-refractivity contribution in [3.63, 3.8) is 0 Å². The molecule has 1 aliphatic heterocycles. The SMILES string of the molecule is CC(C)CN1C(=S)S/C(=C\C(=O)c2ccccc2)C1(O)c1ccccc1. The third-order valence-corrected chi connectivity index (χ3v) is 5.68. The summed E-state index contributed by atoms with van der Waals surface area (Å²) in [4.78, 5) is 15.1. The number of hydrogen-bond donors (Lipinski definition) is 1. The number of rotatable bonds is 5. The monoisotopic (exact) mass is 383 g/mol. The van der Waals surface area contributed by atoms with Crippen LogP contribution in [0.2, 0.25) is 0 Å². The Morgan fingerprint density at radius 3 is 2.31 bits per heavy atom. The molecule has 5 heteroatoms. The van der Waals surface area contributed by atoms with Gasteiger partial charge in [-0.05, 0) is 5.92 Å². The zero-order valence-corrected chi connectivity index (χ0v) is 16.4. The standard InChI is InChI=1S/C21H21NO2S2/c1-15(2)14-22-20(25)26-19(13-18(23)16-9-5-3-6-10-16)21(22,24)17-11-7-4-8-12-17/h3-13,15,24H,14H2,1-2H3/b19-13-. The summed E-state index contributed by atoms with van der Waals surface area (Å²) < 4.78 is 0.581. The van der Waals surface area contributed by atoms with E-state index >= 15 is 0 Å². The molecule has 1 saturated heterocycles. The number of carbonyl (C=O) groups is 1. The van der Waals surface area contributed by atoms with Crippen molar-refractivity contribution in [3.05, 3.63) is 82.8 Å². The number of hydrogen-bond acceptors (Lipinski definition) is 4. The van der Waals surface area contributed by atoms with Gasteiger partial charge in [-0.2, -0.15) is 0 Å². The van der Waals surface area contributed by atoms with E-state index in [0.717, 1.165) is 0 Å². The van der Waals surface area contributed by atoms with E-state index in [2.05, 4.69) is 13.8 Å². The summed E-state index contributed by atoms with van der Waals surface area (Å²) in [6, 6.07) is 18.4. The van der Waals surface area contributed by atoms with E-state index in [4.69, 9.17) is 12.2 Å². The first-order valence-corrected chi connectivity index (χ1v) is 9.74. The lowest BCUT2D eigenvalue weighted by molar-refractivity contribution is -0.0318. The smallest absolute Gasteiger partial charge is 0.199 e. The molecule has 2 aromatic carbocycles. The fourth-order valence-corrected chi connectivity index (χ4v) is 4.48. The van der Waals surface area contributed by atoms with E-state index in [-0.39, 0.29) is 5.78 Å². The number of thioether (sulfide) groups is 1. The van der Waals surface area contributed by atoms with Gasteiger partial charge in [0.1, 0.15) is 4.32 Å². The highest BCUT2D eigenvalue weighted by atomic mass is 32.2. The first-order chi connectivity index (χ1) is 12.4. The average molecular weight is 384 g/mol. The van der Waals surface area contributed by atoms with Gasteiger partial charge < -0.3 is 10.0 Å². The lowest BCUT2D eigenvalue weighted by atomic mass is 9.98. The molecule has 1 unspecified atom stereocenters. The summed E-state index contributed by atoms with van der Waals surface area (Å²) in [5.74, 6) is 0.171. The molecule has 0 radical (unpaired) electrons. The molecular weight excluding hydrogens is 362 g/mol. The Morgan fingerprint density at radius 2 is 1.73 bits per heavy atom. The van der Waals surface area contributed by atoms with Gasteiger partial charge in [0.2, 0.25) is 0 Å². The summed E-state index contributed by atoms with van der Waals surface area (Å²) in [5, 5.41) is 11.7. The highest BCUT2D eigenvalue weighted by molar-refractivity contribution is 8.25. The predicted octanol–water partition coefficient (Wildman–Crippen LogP) is 4.59. The van der Waals surface area contributed by atoms with Crippen molar-refractivity contribution < 1.29 is 9.90 Å². The first kappa shape index (κ1) is 18.8. The highest BCUT2D eigenvalue weighted by Crippen LogP contribution is 2.48. The molecule has 0 aliphatic carbocycles. The van der Waals surface area contributed by atoms with Crippen LogP contribution in [-0.4, -0.2) is 26.7 Å². The van der Waals surface area contributed by atoms with Gasteiger partial charge >= 0.3 is 0 Å². The highest BCUT2D eigenvalue weighted by Gasteiger charge is 2.48. The van der Waals surface area contributed by atoms with Crippen molar-refractivity contribution in [1.82, 2.24) is 4.90 Å². The van der Waals surface area contributed by atoms with E-state index in [1.165, 1.54) is 17.8 Å². The van der Waals surface area contributed by atoms with Crippen LogP contribution in [0.5, 0.6) is 0 Å². The van der Waals surface area contributed by atoms with E-state index in [9.17, 15) is 9.90 Å². The Hall–Kier alpha value is -1.95. The Kier molecular flexibility index (Phi) is 5.61. The number of benzene rings is 2. The third-order valence-electron chi connectivity index (χ3n) is 4.20. The molecular formula is C21H21NO2S2. The minimum absolute atomic E-state index is 0.142. The van der Waals surface area contributed by atoms with Gasteiger partial charge in [0, 0.05) is 23.7 Å². The Balaban J connectivity index is 2.07. The third kappa shape index (κ3) is 3.61. The van der Waals surface area contributed by atoms with Gasteiger partial charge in [-0.3, -0.25) is 4.79 Å². The number of thiocarbonyl (C=S) groups is 1. The molecule has 0 spiro atoms. The molecule has 134 valence electrons. The van der Waals surface area contributed by atoms with E-state index in [1.807, 2.05) is 53.4 Å². The van der Waals surface area contributed by atoms with Crippen molar-refractivity contribution in [2.24, 2.45) is 5.92 Å². The molecule has 1 fully saturated rings. The molecule has 0 saturated carbocycles. The summed E-state index contributed by atoms with van der Waals surface area (Å²) in [6.07, 6.45) is 1.51. The fourth-order valence-electron chi connectivity index (χ4n) is 2.96. The lowest BCUT2D eigenvalue weighted by Crippen LogP contribution is -2.45. The van der Waals surface area contributed by atoms with Crippen LogP contribution in [0.1, 0.15) is 29.8 Å². The van der Waals surface area contributed by atoms with Crippen LogP contribution in [0, 0.1) is 5.92 Å². The van der Waals surface area contributed by atoms with Crippen molar-refractivity contribution in [2.45, 2.75) is 19.6 Å². The van der Waals surface area contributed by atoms with Crippen LogP contribution in [0.3, 0.4) is 0 Å². The Labute approximate surface area is 163 Å². The molecule has 0 amide bonds. The van der Waals surface area contributed by atoms with Gasteiger partial charge in [0.15, 0.2) is 11.5 Å². The molecule has 0 aromatic heterocycles. The van der Waals surface area contributed by atoms with Gasteiger partial charge in [-0.15, -0.1) is 0 Å². The minimum atomic E-state index is -1.42. The van der Waals surface area contributed by atoms with Gasteiger partial charge in [-0.25, -0.2) is 0 Å². The Bertz CT molecular complexity index is 834. The summed E-state index contributed by atoms with van der Waals surface area (Å²) in [5.41, 5.74) is -0.123. The molecule has 0 bridgehead atoms. The topological polar surface area (TPSA) is 40.5 Å². The quantitative estimate of drug-likeness (QED) is 0.465. The maximum absolute atomic E-state index is 12.7. The zero-order chi connectivity index (χ0) is 18.7. The predicted molar refractivity (Wildman–Crippen MR) is 111 cm³/mol. The van der Waals surface area contributed by atoms with Gasteiger partial charge in [0.05, 0.1) is 4.91 Å². The van der Waals surface area contributed by atoms with Crippen LogP contribution in [-0.2, 0) is 5.72 Å². The number of aliphatic hydroxyl groups is 1. The van der Waals surface area contributed by atoms with Crippen LogP contribution >= 0.6 is 24.0 Å². The van der Waals surface area contributed by atoms with Crippen LogP contribution in [0.4, 0.5) is 0 Å². The molecule has 26 heavy (non-hydrogen) atoms. The van der Waals surface area contributed by atoms with Crippen molar-refractivity contribution in [2.75, 3.05) is 6.54 Å². The summed E-state index contributed by atoms with van der Waals surface area (Å²) in [6.45, 7) is 4.76. The summed E-state index contributed by atoms with van der Waals surface area (Å²) >= 11 is 6.82. The fraction of sp³-hybridized carbons (Fsp3) is 0.238. The van der Waals surface area contributed by atoms with E-state index in [0.29, 0.717) is 32.8 Å². The molecule has 3 rings (SSSR count). The zero-order valence-electron chi connectivity index (χ0n) is 14.8. The normalized spacial score (nSPS) is 21.6. The second-order valence-corrected chi connectivity index (χ2v) is 8.33. The van der Waals surface area contributed by atoms with Crippen LogP contribution in [0.25, 0.3) is 0 Å². The second kappa shape index (κ2) is 7.74. The minimum Gasteiger partial charge on any atom is -0.363 e. The Morgan fingerprint density at radius 1 is 1.15 bits per heavy atom. The number of ketones is 1. The largest absolute Gasteiger partial charge is 0.363 e. The molecule has 2 aromatic rings. The molecule has 1 N–H and O–H groups in total. The van der Waals surface area contributed by atoms with Crippen LogP contribution in [0.15, 0.2) is 71.6 Å². The van der Waals surface area contributed by atoms with Crippen molar-refractivity contribution in [3.8, 4) is 0 Å². The van der Waals surface area contributed by atoms with Gasteiger partial charge in [0.25, 0.3) is 0 Å². The first-order valence-electron chi connectivity index (χ1n) is 8.52. The summed E-state index contributed by atoms with van der Waals surface area (Å²) in [7, 11) is 0. The van der Waals surface area contributed by atoms with Crippen LogP contribution < -0.4 is 0 Å². The molecule has 1 aliphatic rings. The van der Waals surface area contributed by atoms with Crippen molar-refractivity contribution in [1.29, 1.82) is 0 Å². The second-order valence-electron chi connectivity index (χ2n) is 6.65.